The van der Waals surface area contributed by atoms with E-state index in [4.69, 9.17) is 9.47 Å². The predicted octanol–water partition coefficient (Wildman–Crippen LogP) is 2.80. The minimum absolute atomic E-state index is 0.179. The molecule has 9 heteroatoms. The second-order valence-electron chi connectivity index (χ2n) is 7.63. The van der Waals surface area contributed by atoms with Gasteiger partial charge in [-0.25, -0.2) is 8.42 Å². The number of methoxy groups -OCH3 is 1. The third-order valence-electron chi connectivity index (χ3n) is 5.20. The van der Waals surface area contributed by atoms with Gasteiger partial charge in [0.2, 0.25) is 15.9 Å². The Kier molecular flexibility index (Phi) is 9.44. The number of sulfonamides is 1. The van der Waals surface area contributed by atoms with Crippen LogP contribution in [-0.2, 0) is 24.3 Å². The van der Waals surface area contributed by atoms with Crippen molar-refractivity contribution < 1.29 is 22.7 Å². The molecule has 1 N–H and O–H groups in total. The van der Waals surface area contributed by atoms with E-state index in [1.807, 2.05) is 54.6 Å². The molecule has 0 spiro atoms. The van der Waals surface area contributed by atoms with Crippen LogP contribution in [0.1, 0.15) is 12.0 Å². The molecule has 33 heavy (non-hydrogen) atoms. The fourth-order valence-electron chi connectivity index (χ4n) is 3.43. The number of nitrogens with zero attached hydrogens (tertiary/aromatic N) is 2. The molecule has 0 atom stereocenters. The summed E-state index contributed by atoms with van der Waals surface area (Å²) in [5.41, 5.74) is 2.44. The first-order valence-electron chi connectivity index (χ1n) is 10.9. The van der Waals surface area contributed by atoms with E-state index in [-0.39, 0.29) is 13.1 Å². The third-order valence-corrected chi connectivity index (χ3v) is 6.71. The number of benzene rings is 2. The van der Waals surface area contributed by atoms with Crippen LogP contribution in [0.15, 0.2) is 60.0 Å². The van der Waals surface area contributed by atoms with Crippen molar-refractivity contribution in [3.63, 3.8) is 0 Å². The lowest BCUT2D eigenvalue weighted by Gasteiger charge is -2.29. The highest BCUT2D eigenvalue weighted by Gasteiger charge is 2.22. The molecular formula is C24H31N3O5S. The van der Waals surface area contributed by atoms with Gasteiger partial charge in [-0.2, -0.15) is 4.31 Å². The van der Waals surface area contributed by atoms with Crippen molar-refractivity contribution in [2.75, 3.05) is 63.3 Å². The summed E-state index contributed by atoms with van der Waals surface area (Å²) in [6, 6.07) is 16.7. The van der Waals surface area contributed by atoms with E-state index in [0.717, 1.165) is 29.7 Å². The molecule has 1 fully saturated rings. The molecule has 2 aromatic rings. The summed E-state index contributed by atoms with van der Waals surface area (Å²) >= 11 is 0. The van der Waals surface area contributed by atoms with Crippen molar-refractivity contribution in [2.24, 2.45) is 0 Å². The molecule has 0 unspecified atom stereocenters. The SMILES string of the molecule is COCCCN(CC(=O)Nc1ccc(N2CCOCC2)cc1)S(=O)(=O)/C=C/c1ccccc1. The highest BCUT2D eigenvalue weighted by Crippen LogP contribution is 2.19. The number of carbonyl (C=O) groups excluding carboxylic acids is 1. The fraction of sp³-hybridized carbons (Fsp3) is 0.375. The van der Waals surface area contributed by atoms with Crippen LogP contribution in [0, 0.1) is 0 Å². The van der Waals surface area contributed by atoms with Crippen LogP contribution >= 0.6 is 0 Å². The van der Waals surface area contributed by atoms with Gasteiger partial charge in [0.05, 0.1) is 19.8 Å². The van der Waals surface area contributed by atoms with Crippen LogP contribution in [0.3, 0.4) is 0 Å². The zero-order valence-electron chi connectivity index (χ0n) is 18.9. The normalized spacial score (nSPS) is 14.7. The van der Waals surface area contributed by atoms with Gasteiger partial charge in [-0.05, 0) is 42.3 Å². The second-order valence-corrected chi connectivity index (χ2v) is 9.45. The largest absolute Gasteiger partial charge is 0.385 e. The van der Waals surface area contributed by atoms with E-state index in [1.165, 1.54) is 10.4 Å². The lowest BCUT2D eigenvalue weighted by Crippen LogP contribution is -2.38. The molecule has 8 nitrogen and oxygen atoms in total. The minimum atomic E-state index is -3.79. The maximum absolute atomic E-state index is 12.9. The van der Waals surface area contributed by atoms with Crippen molar-refractivity contribution in [2.45, 2.75) is 6.42 Å². The maximum atomic E-state index is 12.9. The zero-order chi connectivity index (χ0) is 23.5. The molecule has 3 rings (SSSR count). The Morgan fingerprint density at radius 3 is 2.48 bits per heavy atom. The Labute approximate surface area is 195 Å². The van der Waals surface area contributed by atoms with E-state index in [2.05, 4.69) is 10.2 Å². The number of nitrogens with one attached hydrogen (secondary N) is 1. The van der Waals surface area contributed by atoms with Gasteiger partial charge in [-0.1, -0.05) is 30.3 Å². The van der Waals surface area contributed by atoms with E-state index in [9.17, 15) is 13.2 Å². The number of hydrogen-bond acceptors (Lipinski definition) is 6. The highest BCUT2D eigenvalue weighted by atomic mass is 32.2. The summed E-state index contributed by atoms with van der Waals surface area (Å²) in [6.07, 6.45) is 2.01. The Morgan fingerprint density at radius 1 is 1.12 bits per heavy atom. The number of rotatable bonds is 11. The summed E-state index contributed by atoms with van der Waals surface area (Å²) in [5.74, 6) is -0.400. The molecule has 1 amide bonds. The average Bonchev–Trinajstić information content (AvgIpc) is 2.84. The lowest BCUT2D eigenvalue weighted by molar-refractivity contribution is -0.116. The van der Waals surface area contributed by atoms with Crippen molar-refractivity contribution in [3.05, 3.63) is 65.6 Å². The van der Waals surface area contributed by atoms with Gasteiger partial charge in [0, 0.05) is 50.1 Å². The molecule has 0 aromatic heterocycles. The summed E-state index contributed by atoms with van der Waals surface area (Å²) in [4.78, 5) is 14.9. The molecule has 1 heterocycles. The zero-order valence-corrected chi connectivity index (χ0v) is 19.7. The van der Waals surface area contributed by atoms with Crippen molar-refractivity contribution in [3.8, 4) is 0 Å². The summed E-state index contributed by atoms with van der Waals surface area (Å²) < 4.78 is 37.4. The second kappa shape index (κ2) is 12.5. The summed E-state index contributed by atoms with van der Waals surface area (Å²) in [5, 5.41) is 3.93. The fourth-order valence-corrected chi connectivity index (χ4v) is 4.62. The summed E-state index contributed by atoms with van der Waals surface area (Å²) in [7, 11) is -2.23. The smallest absolute Gasteiger partial charge is 0.239 e. The number of hydrogen-bond donors (Lipinski definition) is 1. The van der Waals surface area contributed by atoms with E-state index in [1.54, 1.807) is 7.11 Å². The maximum Gasteiger partial charge on any atom is 0.239 e. The molecule has 1 aliphatic rings. The molecule has 1 aliphatic heterocycles. The number of anilines is 2. The van der Waals surface area contributed by atoms with Gasteiger partial charge >= 0.3 is 0 Å². The molecule has 0 saturated carbocycles. The molecule has 1 saturated heterocycles. The molecule has 0 radical (unpaired) electrons. The Balaban J connectivity index is 1.63. The van der Waals surface area contributed by atoms with Crippen LogP contribution < -0.4 is 10.2 Å². The number of ether oxygens (including phenoxy) is 2. The Bertz CT molecular complexity index is 1000. The Morgan fingerprint density at radius 2 is 1.82 bits per heavy atom. The molecule has 0 aliphatic carbocycles. The summed E-state index contributed by atoms with van der Waals surface area (Å²) in [6.45, 7) is 3.36. The third kappa shape index (κ3) is 7.97. The number of morpholine rings is 1. The van der Waals surface area contributed by atoms with Gasteiger partial charge in [0.1, 0.15) is 0 Å². The van der Waals surface area contributed by atoms with Gasteiger partial charge in [-0.15, -0.1) is 0 Å². The topological polar surface area (TPSA) is 88.2 Å². The van der Waals surface area contributed by atoms with Gasteiger partial charge < -0.3 is 19.7 Å². The van der Waals surface area contributed by atoms with Gasteiger partial charge in [-0.3, -0.25) is 4.79 Å². The quantitative estimate of drug-likeness (QED) is 0.505. The van der Waals surface area contributed by atoms with Crippen molar-refractivity contribution >= 4 is 33.4 Å². The lowest BCUT2D eigenvalue weighted by atomic mass is 10.2. The van der Waals surface area contributed by atoms with Crippen LogP contribution in [0.2, 0.25) is 0 Å². The predicted molar refractivity (Wildman–Crippen MR) is 131 cm³/mol. The molecule has 0 bridgehead atoms. The van der Waals surface area contributed by atoms with Crippen LogP contribution in [0.4, 0.5) is 11.4 Å². The first-order valence-corrected chi connectivity index (χ1v) is 12.4. The van der Waals surface area contributed by atoms with E-state index >= 15 is 0 Å². The number of carbonyl (C=O) groups is 1. The molecular weight excluding hydrogens is 442 g/mol. The van der Waals surface area contributed by atoms with Crippen molar-refractivity contribution in [1.82, 2.24) is 4.31 Å². The first-order chi connectivity index (χ1) is 16.0. The number of amides is 1. The standard InChI is InChI=1S/C24H31N3O5S/c1-31-16-5-13-27(33(29,30)19-12-21-6-3-2-4-7-21)20-24(28)25-22-8-10-23(11-9-22)26-14-17-32-18-15-26/h2-4,6-12,19H,5,13-18,20H2,1H3,(H,25,28)/b19-12+. The van der Waals surface area contributed by atoms with Crippen LogP contribution in [-0.4, -0.2) is 71.7 Å². The minimum Gasteiger partial charge on any atom is -0.385 e. The highest BCUT2D eigenvalue weighted by molar-refractivity contribution is 7.92. The van der Waals surface area contributed by atoms with Gasteiger partial charge in [0.25, 0.3) is 0 Å². The monoisotopic (exact) mass is 473 g/mol. The Hall–Kier alpha value is -2.72. The van der Waals surface area contributed by atoms with Gasteiger partial charge in [0.15, 0.2) is 0 Å². The first kappa shape index (κ1) is 24.9. The van der Waals surface area contributed by atoms with Crippen molar-refractivity contribution in [1.29, 1.82) is 0 Å². The molecule has 2 aromatic carbocycles. The molecule has 178 valence electrons. The van der Waals surface area contributed by atoms with E-state index < -0.39 is 15.9 Å². The van der Waals surface area contributed by atoms with Crippen LogP contribution in [0.25, 0.3) is 6.08 Å². The van der Waals surface area contributed by atoms with Crippen LogP contribution in [0.5, 0.6) is 0 Å². The van der Waals surface area contributed by atoms with E-state index in [0.29, 0.717) is 31.9 Å². The average molecular weight is 474 g/mol.